The number of nitro groups is 1. The molecule has 0 aliphatic rings. The smallest absolute Gasteiger partial charge is 0.330 e. The summed E-state index contributed by atoms with van der Waals surface area (Å²) in [5.74, 6) is 0.560. The van der Waals surface area contributed by atoms with Crippen molar-refractivity contribution < 1.29 is 19.2 Å². The number of esters is 1. The summed E-state index contributed by atoms with van der Waals surface area (Å²) in [6.45, 7) is 2.06. The van der Waals surface area contributed by atoms with Crippen molar-refractivity contribution in [3.05, 3.63) is 67.1 Å². The fourth-order valence-electron chi connectivity index (χ4n) is 1.88. The number of carbonyl (C=O) groups is 1. The first-order valence-corrected chi connectivity index (χ1v) is 8.75. The molecule has 0 aliphatic heterocycles. The molecule has 2 aromatic carbocycles. The number of ether oxygens (including phenoxy) is 2. The van der Waals surface area contributed by atoms with Crippen LogP contribution in [0.1, 0.15) is 12.5 Å². The third kappa shape index (κ3) is 5.40. The molecule has 130 valence electrons. The Morgan fingerprint density at radius 2 is 1.80 bits per heavy atom. The van der Waals surface area contributed by atoms with E-state index in [2.05, 4.69) is 31.9 Å². The standard InChI is InChI=1S/C17H13Br2NO5/c1-2-24-16(21)8-3-11-9-14(18)17(15(19)10-11)25-13-6-4-12(5-7-13)20(22)23/h3-10H,2H2,1H3/b8-3+. The largest absolute Gasteiger partial charge is 0.463 e. The third-order valence-electron chi connectivity index (χ3n) is 2.99. The van der Waals surface area contributed by atoms with Gasteiger partial charge in [-0.2, -0.15) is 0 Å². The summed E-state index contributed by atoms with van der Waals surface area (Å²) in [4.78, 5) is 21.6. The zero-order valence-corrected chi connectivity index (χ0v) is 16.2. The van der Waals surface area contributed by atoms with Crippen LogP contribution in [0.5, 0.6) is 11.5 Å². The molecule has 2 rings (SSSR count). The quantitative estimate of drug-likeness (QED) is 0.241. The van der Waals surface area contributed by atoms with E-state index in [1.807, 2.05) is 0 Å². The number of benzene rings is 2. The zero-order valence-electron chi connectivity index (χ0n) is 13.1. The van der Waals surface area contributed by atoms with Crippen molar-refractivity contribution in [2.24, 2.45) is 0 Å². The molecule has 0 N–H and O–H groups in total. The molecule has 2 aromatic rings. The van der Waals surface area contributed by atoms with Gasteiger partial charge in [-0.1, -0.05) is 0 Å². The first-order chi connectivity index (χ1) is 11.9. The number of non-ortho nitro benzene ring substituents is 1. The Labute approximate surface area is 160 Å². The van der Waals surface area contributed by atoms with Gasteiger partial charge < -0.3 is 9.47 Å². The van der Waals surface area contributed by atoms with Crippen molar-refractivity contribution in [3.8, 4) is 11.5 Å². The van der Waals surface area contributed by atoms with Crippen molar-refractivity contribution in [2.75, 3.05) is 6.61 Å². The molecule has 8 heteroatoms. The lowest BCUT2D eigenvalue weighted by molar-refractivity contribution is -0.384. The molecule has 0 saturated heterocycles. The molecule has 0 spiro atoms. The summed E-state index contributed by atoms with van der Waals surface area (Å²) in [6, 6.07) is 9.33. The van der Waals surface area contributed by atoms with Crippen LogP contribution in [0.25, 0.3) is 6.08 Å². The second kappa shape index (κ2) is 8.77. The van der Waals surface area contributed by atoms with Crippen LogP contribution in [0.3, 0.4) is 0 Å². The Balaban J connectivity index is 2.19. The number of rotatable bonds is 6. The number of hydrogen-bond donors (Lipinski definition) is 0. The SMILES string of the molecule is CCOC(=O)/C=C/c1cc(Br)c(Oc2ccc([N+](=O)[O-])cc2)c(Br)c1. The first kappa shape index (κ1) is 19.1. The second-order valence-electron chi connectivity index (χ2n) is 4.75. The highest BCUT2D eigenvalue weighted by atomic mass is 79.9. The van der Waals surface area contributed by atoms with Gasteiger partial charge in [-0.05, 0) is 74.7 Å². The Hall–Kier alpha value is -2.19. The predicted molar refractivity (Wildman–Crippen MR) is 101 cm³/mol. The molecule has 6 nitrogen and oxygen atoms in total. The normalized spacial score (nSPS) is 10.7. The predicted octanol–water partition coefficient (Wildman–Crippen LogP) is 5.49. The molecule has 0 heterocycles. The number of hydrogen-bond acceptors (Lipinski definition) is 5. The summed E-state index contributed by atoms with van der Waals surface area (Å²) >= 11 is 6.84. The second-order valence-corrected chi connectivity index (χ2v) is 6.46. The summed E-state index contributed by atoms with van der Waals surface area (Å²) in [7, 11) is 0. The van der Waals surface area contributed by atoms with E-state index in [1.165, 1.54) is 30.3 Å². The lowest BCUT2D eigenvalue weighted by Crippen LogP contribution is -1.98. The van der Waals surface area contributed by atoms with E-state index in [4.69, 9.17) is 9.47 Å². The van der Waals surface area contributed by atoms with Gasteiger partial charge in [0.05, 0.1) is 20.5 Å². The van der Waals surface area contributed by atoms with Crippen LogP contribution >= 0.6 is 31.9 Å². The number of nitro benzene ring substituents is 1. The highest BCUT2D eigenvalue weighted by Gasteiger charge is 2.11. The summed E-state index contributed by atoms with van der Waals surface area (Å²) in [6.07, 6.45) is 2.97. The zero-order chi connectivity index (χ0) is 18.4. The summed E-state index contributed by atoms with van der Waals surface area (Å²) in [5, 5.41) is 10.7. The molecule has 25 heavy (non-hydrogen) atoms. The summed E-state index contributed by atoms with van der Waals surface area (Å²) < 4.78 is 11.9. The molecule has 0 unspecified atom stereocenters. The molecule has 0 bridgehead atoms. The van der Waals surface area contributed by atoms with Gasteiger partial charge in [0.25, 0.3) is 5.69 Å². The maximum atomic E-state index is 11.4. The van der Waals surface area contributed by atoms with E-state index in [0.29, 0.717) is 27.1 Å². The van der Waals surface area contributed by atoms with Gasteiger partial charge in [-0.25, -0.2) is 4.79 Å². The van der Waals surface area contributed by atoms with E-state index in [1.54, 1.807) is 25.1 Å². The minimum absolute atomic E-state index is 0.00932. The Bertz CT molecular complexity index is 795. The molecule has 0 saturated carbocycles. The number of nitrogens with zero attached hydrogens (tertiary/aromatic N) is 1. The maximum absolute atomic E-state index is 11.4. The van der Waals surface area contributed by atoms with Crippen molar-refractivity contribution in [3.63, 3.8) is 0 Å². The van der Waals surface area contributed by atoms with Crippen LogP contribution < -0.4 is 4.74 Å². The van der Waals surface area contributed by atoms with Crippen molar-refractivity contribution in [1.29, 1.82) is 0 Å². The molecule has 0 amide bonds. The lowest BCUT2D eigenvalue weighted by atomic mass is 10.2. The highest BCUT2D eigenvalue weighted by Crippen LogP contribution is 2.38. The Morgan fingerprint density at radius 3 is 2.32 bits per heavy atom. The molecule has 0 radical (unpaired) electrons. The van der Waals surface area contributed by atoms with Crippen LogP contribution in [0.4, 0.5) is 5.69 Å². The molecule has 0 aromatic heterocycles. The monoisotopic (exact) mass is 469 g/mol. The number of halogens is 2. The van der Waals surface area contributed by atoms with Gasteiger partial charge >= 0.3 is 5.97 Å². The van der Waals surface area contributed by atoms with Crippen LogP contribution in [-0.4, -0.2) is 17.5 Å². The van der Waals surface area contributed by atoms with Gasteiger partial charge in [0.1, 0.15) is 5.75 Å². The van der Waals surface area contributed by atoms with Crippen LogP contribution in [0, 0.1) is 10.1 Å². The van der Waals surface area contributed by atoms with Gasteiger partial charge in [-0.3, -0.25) is 10.1 Å². The molecule has 0 atom stereocenters. The maximum Gasteiger partial charge on any atom is 0.330 e. The Kier molecular flexibility index (Phi) is 6.72. The van der Waals surface area contributed by atoms with Crippen LogP contribution in [-0.2, 0) is 9.53 Å². The fraction of sp³-hybridized carbons (Fsp3) is 0.118. The van der Waals surface area contributed by atoms with E-state index in [9.17, 15) is 14.9 Å². The van der Waals surface area contributed by atoms with Crippen LogP contribution in [0.15, 0.2) is 51.4 Å². The van der Waals surface area contributed by atoms with Gasteiger partial charge in [0.2, 0.25) is 0 Å². The Morgan fingerprint density at radius 1 is 1.20 bits per heavy atom. The van der Waals surface area contributed by atoms with Crippen molar-refractivity contribution in [2.45, 2.75) is 6.92 Å². The van der Waals surface area contributed by atoms with Gasteiger partial charge in [-0.15, -0.1) is 0 Å². The molecule has 0 fully saturated rings. The minimum Gasteiger partial charge on any atom is -0.463 e. The first-order valence-electron chi connectivity index (χ1n) is 7.17. The fourth-order valence-corrected chi connectivity index (χ4v) is 3.27. The lowest BCUT2D eigenvalue weighted by Gasteiger charge is -2.11. The number of carbonyl (C=O) groups excluding carboxylic acids is 1. The molecular weight excluding hydrogens is 458 g/mol. The summed E-state index contributed by atoms with van der Waals surface area (Å²) in [5.41, 5.74) is 0.757. The van der Waals surface area contributed by atoms with E-state index in [-0.39, 0.29) is 5.69 Å². The van der Waals surface area contributed by atoms with Crippen molar-refractivity contribution >= 4 is 49.6 Å². The topological polar surface area (TPSA) is 78.7 Å². The van der Waals surface area contributed by atoms with Gasteiger partial charge in [0.15, 0.2) is 5.75 Å². The highest BCUT2D eigenvalue weighted by molar-refractivity contribution is 9.11. The minimum atomic E-state index is -0.472. The van der Waals surface area contributed by atoms with E-state index < -0.39 is 10.9 Å². The van der Waals surface area contributed by atoms with Crippen molar-refractivity contribution in [1.82, 2.24) is 0 Å². The van der Waals surface area contributed by atoms with E-state index in [0.717, 1.165) is 5.56 Å². The molecular formula is C17H13Br2NO5. The molecule has 0 aliphatic carbocycles. The third-order valence-corrected chi connectivity index (χ3v) is 4.16. The average Bonchev–Trinajstić information content (AvgIpc) is 2.57. The van der Waals surface area contributed by atoms with Crippen LogP contribution in [0.2, 0.25) is 0 Å². The van der Waals surface area contributed by atoms with Gasteiger partial charge in [0, 0.05) is 18.2 Å². The average molecular weight is 471 g/mol. The van der Waals surface area contributed by atoms with E-state index >= 15 is 0 Å².